The van der Waals surface area contributed by atoms with Crippen molar-refractivity contribution in [2.75, 3.05) is 26.2 Å². The van der Waals surface area contributed by atoms with E-state index in [1.54, 1.807) is 29.2 Å². The summed E-state index contributed by atoms with van der Waals surface area (Å²) in [7, 11) is 0. The molecule has 3 aromatic carbocycles. The number of likely N-dealkylation sites (tertiary alicyclic amines) is 1. The van der Waals surface area contributed by atoms with Gasteiger partial charge >= 0.3 is 0 Å². The average Bonchev–Trinajstić information content (AvgIpc) is 2.86. The number of quaternary nitrogens is 1. The van der Waals surface area contributed by atoms with Gasteiger partial charge in [0.2, 0.25) is 0 Å². The monoisotopic (exact) mass is 458 g/mol. The molecule has 0 spiro atoms. The molecule has 0 amide bonds. The quantitative estimate of drug-likeness (QED) is 0.505. The molecule has 0 unspecified atom stereocenters. The van der Waals surface area contributed by atoms with Crippen LogP contribution in [0.2, 0.25) is 0 Å². The summed E-state index contributed by atoms with van der Waals surface area (Å²) >= 11 is 0. The third-order valence-electron chi connectivity index (χ3n) is 6.93. The van der Waals surface area contributed by atoms with E-state index < -0.39 is 0 Å². The van der Waals surface area contributed by atoms with E-state index in [0.29, 0.717) is 5.75 Å². The Kier molecular flexibility index (Phi) is 6.45. The fourth-order valence-corrected chi connectivity index (χ4v) is 5.04. The smallest absolute Gasteiger partial charge is 0.150 e. The first-order valence-electron chi connectivity index (χ1n) is 12.1. The van der Waals surface area contributed by atoms with Crippen molar-refractivity contribution in [1.82, 2.24) is 0 Å². The summed E-state index contributed by atoms with van der Waals surface area (Å²) < 4.78 is 12.5. The summed E-state index contributed by atoms with van der Waals surface area (Å²) in [5.41, 5.74) is 5.08. The lowest BCUT2D eigenvalue weighted by molar-refractivity contribution is -0.904. The van der Waals surface area contributed by atoms with E-state index in [4.69, 9.17) is 9.47 Å². The molecule has 2 heterocycles. The number of allylic oxidation sites excluding steroid dienone is 1. The van der Waals surface area contributed by atoms with Crippen molar-refractivity contribution in [1.29, 1.82) is 0 Å². The van der Waals surface area contributed by atoms with Gasteiger partial charge in [-0.1, -0.05) is 24.3 Å². The lowest BCUT2D eigenvalue weighted by Crippen LogP contribution is -3.13. The molecular weight excluding hydrogens is 426 g/mol. The SMILES string of the molecule is CC1=C(c2ccc(O)cc2)[C@H](c2ccc(OCC[NH+]3CCCCC3)cc2)Oc2cc(O)ccc21. The van der Waals surface area contributed by atoms with Crippen LogP contribution in [-0.2, 0) is 0 Å². The van der Waals surface area contributed by atoms with Gasteiger partial charge in [-0.2, -0.15) is 0 Å². The minimum absolute atomic E-state index is 0.179. The number of hydrogen-bond donors (Lipinski definition) is 3. The van der Waals surface area contributed by atoms with Crippen molar-refractivity contribution in [2.24, 2.45) is 0 Å². The first-order chi connectivity index (χ1) is 16.6. The van der Waals surface area contributed by atoms with Crippen LogP contribution in [0.4, 0.5) is 0 Å². The molecule has 3 N–H and O–H groups in total. The van der Waals surface area contributed by atoms with Crippen molar-refractivity contribution in [3.63, 3.8) is 0 Å². The summed E-state index contributed by atoms with van der Waals surface area (Å²) in [5, 5.41) is 19.8. The van der Waals surface area contributed by atoms with Gasteiger partial charge < -0.3 is 24.6 Å². The highest BCUT2D eigenvalue weighted by Crippen LogP contribution is 2.47. The summed E-state index contributed by atoms with van der Waals surface area (Å²) in [6.07, 6.45) is 3.66. The highest BCUT2D eigenvalue weighted by Gasteiger charge is 2.29. The number of piperidine rings is 1. The van der Waals surface area contributed by atoms with Crippen molar-refractivity contribution >= 4 is 11.1 Å². The number of aromatic hydroxyl groups is 2. The fourth-order valence-electron chi connectivity index (χ4n) is 5.04. The molecular formula is C29H32NO4+. The van der Waals surface area contributed by atoms with Crippen LogP contribution in [-0.4, -0.2) is 36.5 Å². The lowest BCUT2D eigenvalue weighted by atomic mass is 9.86. The minimum Gasteiger partial charge on any atom is -0.508 e. The fraction of sp³-hybridized carbons (Fsp3) is 0.310. The third kappa shape index (κ3) is 4.75. The maximum absolute atomic E-state index is 10.0. The summed E-state index contributed by atoms with van der Waals surface area (Å²) in [4.78, 5) is 1.64. The average molecular weight is 459 g/mol. The van der Waals surface area contributed by atoms with Gasteiger partial charge in [0.15, 0.2) is 0 Å². The Morgan fingerprint density at radius 1 is 0.882 bits per heavy atom. The Hall–Kier alpha value is -3.44. The Morgan fingerprint density at radius 2 is 1.59 bits per heavy atom. The lowest BCUT2D eigenvalue weighted by Gasteiger charge is -2.31. The number of benzene rings is 3. The van der Waals surface area contributed by atoms with Crippen molar-refractivity contribution < 1.29 is 24.6 Å². The predicted molar refractivity (Wildman–Crippen MR) is 133 cm³/mol. The van der Waals surface area contributed by atoms with Crippen LogP contribution in [0.3, 0.4) is 0 Å². The second-order valence-corrected chi connectivity index (χ2v) is 9.24. The van der Waals surface area contributed by atoms with E-state index in [1.807, 2.05) is 30.3 Å². The zero-order chi connectivity index (χ0) is 23.5. The Labute approximate surface area is 200 Å². The summed E-state index contributed by atoms with van der Waals surface area (Å²) in [5.74, 6) is 1.93. The van der Waals surface area contributed by atoms with Crippen molar-refractivity contribution in [2.45, 2.75) is 32.3 Å². The Balaban J connectivity index is 1.39. The van der Waals surface area contributed by atoms with Crippen LogP contribution in [0.25, 0.3) is 11.1 Å². The molecule has 5 nitrogen and oxygen atoms in total. The first-order valence-corrected chi connectivity index (χ1v) is 12.1. The molecule has 176 valence electrons. The maximum atomic E-state index is 10.0. The molecule has 2 aliphatic heterocycles. The second kappa shape index (κ2) is 9.82. The van der Waals surface area contributed by atoms with Crippen molar-refractivity contribution in [3.05, 3.63) is 83.4 Å². The molecule has 0 aromatic heterocycles. The highest BCUT2D eigenvalue weighted by atomic mass is 16.5. The van der Waals surface area contributed by atoms with E-state index >= 15 is 0 Å². The van der Waals surface area contributed by atoms with Gasteiger partial charge in [-0.3, -0.25) is 0 Å². The van der Waals surface area contributed by atoms with E-state index in [0.717, 1.165) is 46.7 Å². The van der Waals surface area contributed by atoms with E-state index in [-0.39, 0.29) is 17.6 Å². The second-order valence-electron chi connectivity index (χ2n) is 9.24. The molecule has 3 aromatic rings. The number of nitrogens with one attached hydrogen (secondary N) is 1. The molecule has 5 rings (SSSR count). The number of fused-ring (bicyclic) bond motifs is 1. The standard InChI is InChI=1S/C29H31NO4/c1-20-26-14-11-24(32)19-27(26)34-29(28(20)21-5-9-23(31)10-6-21)22-7-12-25(13-8-22)33-18-17-30-15-3-2-4-16-30/h5-14,19,29,31-32H,2-4,15-18H2,1H3/p+1/t29-/m0/s1. The number of phenols is 2. The Morgan fingerprint density at radius 3 is 2.32 bits per heavy atom. The first kappa shape index (κ1) is 22.4. The van der Waals surface area contributed by atoms with Gasteiger partial charge in [0.1, 0.15) is 42.3 Å². The number of phenolic OH excluding ortho intramolecular Hbond substituents is 2. The Bertz CT molecular complexity index is 1160. The van der Waals surface area contributed by atoms with Crippen LogP contribution < -0.4 is 14.4 Å². The van der Waals surface area contributed by atoms with Crippen LogP contribution >= 0.6 is 0 Å². The molecule has 0 aliphatic carbocycles. The molecule has 1 fully saturated rings. The van der Waals surface area contributed by atoms with Crippen LogP contribution in [0.1, 0.15) is 49.0 Å². The molecule has 2 aliphatic rings. The third-order valence-corrected chi connectivity index (χ3v) is 6.93. The van der Waals surface area contributed by atoms with E-state index in [2.05, 4.69) is 19.1 Å². The number of hydrogen-bond acceptors (Lipinski definition) is 4. The molecule has 34 heavy (non-hydrogen) atoms. The van der Waals surface area contributed by atoms with Gasteiger partial charge in [-0.05, 0) is 79.3 Å². The van der Waals surface area contributed by atoms with Crippen molar-refractivity contribution in [3.8, 4) is 23.0 Å². The zero-order valence-corrected chi connectivity index (χ0v) is 19.6. The summed E-state index contributed by atoms with van der Waals surface area (Å²) in [6, 6.07) is 20.6. The van der Waals surface area contributed by atoms with Crippen LogP contribution in [0, 0.1) is 0 Å². The zero-order valence-electron chi connectivity index (χ0n) is 19.6. The van der Waals surface area contributed by atoms with Crippen LogP contribution in [0.15, 0.2) is 66.7 Å². The van der Waals surface area contributed by atoms with Gasteiger partial charge in [-0.25, -0.2) is 0 Å². The molecule has 0 bridgehead atoms. The van der Waals surface area contributed by atoms with Gasteiger partial charge in [0.05, 0.1) is 13.1 Å². The predicted octanol–water partition coefficient (Wildman–Crippen LogP) is 4.61. The topological polar surface area (TPSA) is 63.4 Å². The molecule has 1 saturated heterocycles. The van der Waals surface area contributed by atoms with Crippen LogP contribution in [0.5, 0.6) is 23.0 Å². The largest absolute Gasteiger partial charge is 0.508 e. The highest BCUT2D eigenvalue weighted by molar-refractivity contribution is 5.95. The van der Waals surface area contributed by atoms with E-state index in [1.165, 1.54) is 32.4 Å². The number of ether oxygens (including phenoxy) is 2. The normalized spacial score (nSPS) is 18.3. The molecule has 5 heteroatoms. The minimum atomic E-state index is -0.342. The molecule has 0 radical (unpaired) electrons. The number of rotatable bonds is 6. The van der Waals surface area contributed by atoms with E-state index in [9.17, 15) is 10.2 Å². The summed E-state index contributed by atoms with van der Waals surface area (Å²) in [6.45, 7) is 6.35. The van der Waals surface area contributed by atoms with Gasteiger partial charge in [0, 0.05) is 17.2 Å². The van der Waals surface area contributed by atoms with Gasteiger partial charge in [0.25, 0.3) is 0 Å². The molecule has 0 saturated carbocycles. The molecule has 1 atom stereocenters. The maximum Gasteiger partial charge on any atom is 0.150 e. The van der Waals surface area contributed by atoms with Gasteiger partial charge in [-0.15, -0.1) is 0 Å².